The molecule has 152 valence electrons. The predicted molar refractivity (Wildman–Crippen MR) is 110 cm³/mol. The summed E-state index contributed by atoms with van der Waals surface area (Å²) < 4.78 is 16.1. The average Bonchev–Trinajstić information content (AvgIpc) is 2.73. The van der Waals surface area contributed by atoms with E-state index in [0.29, 0.717) is 28.7 Å². The molecule has 29 heavy (non-hydrogen) atoms. The first-order chi connectivity index (χ1) is 14.0. The molecule has 1 amide bonds. The average molecular weight is 416 g/mol. The second-order valence-corrected chi connectivity index (χ2v) is 6.86. The molecule has 0 radical (unpaired) electrons. The number of halogens is 1. The van der Waals surface area contributed by atoms with Gasteiger partial charge in [0.1, 0.15) is 6.61 Å². The van der Waals surface area contributed by atoms with E-state index in [1.54, 1.807) is 30.3 Å². The number of esters is 1. The SMILES string of the molecule is CCOc1cccc2c1OCC(C(=O)NC(CC(=O)OC)c1ccc(Cl)cc1)=C2. The highest BCUT2D eigenvalue weighted by atomic mass is 35.5. The van der Waals surface area contributed by atoms with Gasteiger partial charge in [-0.25, -0.2) is 0 Å². The summed E-state index contributed by atoms with van der Waals surface area (Å²) in [5.41, 5.74) is 1.97. The summed E-state index contributed by atoms with van der Waals surface area (Å²) in [5.74, 6) is 0.521. The van der Waals surface area contributed by atoms with E-state index in [1.165, 1.54) is 7.11 Å². The van der Waals surface area contributed by atoms with Crippen molar-refractivity contribution in [1.29, 1.82) is 0 Å². The molecule has 1 aliphatic heterocycles. The van der Waals surface area contributed by atoms with E-state index in [-0.39, 0.29) is 18.9 Å². The monoisotopic (exact) mass is 415 g/mol. The molecule has 0 aromatic heterocycles. The first-order valence-corrected chi connectivity index (χ1v) is 9.62. The molecule has 1 atom stereocenters. The molecule has 1 N–H and O–H groups in total. The Morgan fingerprint density at radius 2 is 1.97 bits per heavy atom. The molecule has 6 nitrogen and oxygen atoms in total. The zero-order valence-electron chi connectivity index (χ0n) is 16.2. The second kappa shape index (κ2) is 9.47. The van der Waals surface area contributed by atoms with Crippen LogP contribution < -0.4 is 14.8 Å². The lowest BCUT2D eigenvalue weighted by atomic mass is 10.0. The Morgan fingerprint density at radius 1 is 1.21 bits per heavy atom. The number of benzene rings is 2. The fourth-order valence-electron chi connectivity index (χ4n) is 3.03. The molecule has 0 aliphatic carbocycles. The van der Waals surface area contributed by atoms with Crippen LogP contribution in [0.2, 0.25) is 5.02 Å². The minimum atomic E-state index is -0.552. The van der Waals surface area contributed by atoms with Crippen LogP contribution in [-0.2, 0) is 14.3 Å². The quantitative estimate of drug-likeness (QED) is 0.693. The van der Waals surface area contributed by atoms with Crippen molar-refractivity contribution in [2.45, 2.75) is 19.4 Å². The minimum Gasteiger partial charge on any atom is -0.490 e. The van der Waals surface area contributed by atoms with E-state index in [0.717, 1.165) is 11.1 Å². The lowest BCUT2D eigenvalue weighted by molar-refractivity contribution is -0.141. The zero-order chi connectivity index (χ0) is 20.8. The van der Waals surface area contributed by atoms with E-state index >= 15 is 0 Å². The maximum absolute atomic E-state index is 12.9. The van der Waals surface area contributed by atoms with Gasteiger partial charge < -0.3 is 19.5 Å². The normalized spacial score (nSPS) is 13.4. The van der Waals surface area contributed by atoms with Crippen LogP contribution in [0.25, 0.3) is 6.08 Å². The van der Waals surface area contributed by atoms with Gasteiger partial charge in [0.25, 0.3) is 5.91 Å². The molecular formula is C22H22ClNO5. The number of methoxy groups -OCH3 is 1. The molecule has 0 fully saturated rings. The molecule has 0 bridgehead atoms. The van der Waals surface area contributed by atoms with Crippen LogP contribution in [-0.4, -0.2) is 32.2 Å². The summed E-state index contributed by atoms with van der Waals surface area (Å²) in [6, 6.07) is 11.9. The van der Waals surface area contributed by atoms with Gasteiger partial charge in [-0.2, -0.15) is 0 Å². The number of hydrogen-bond acceptors (Lipinski definition) is 5. The van der Waals surface area contributed by atoms with Gasteiger partial charge in [0.2, 0.25) is 0 Å². The van der Waals surface area contributed by atoms with Crippen LogP contribution in [0.4, 0.5) is 0 Å². The number of hydrogen-bond donors (Lipinski definition) is 1. The van der Waals surface area contributed by atoms with Crippen molar-refractivity contribution in [3.05, 3.63) is 64.2 Å². The third-order valence-corrected chi connectivity index (χ3v) is 4.73. The summed E-state index contributed by atoms with van der Waals surface area (Å²) in [6.45, 7) is 2.52. The van der Waals surface area contributed by atoms with Crippen LogP contribution in [0.5, 0.6) is 11.5 Å². The highest BCUT2D eigenvalue weighted by molar-refractivity contribution is 6.30. The van der Waals surface area contributed by atoms with Crippen molar-refractivity contribution in [3.63, 3.8) is 0 Å². The standard InChI is InChI=1S/C22H22ClNO5/c1-3-28-19-6-4-5-15-11-16(13-29-21(15)19)22(26)24-18(12-20(25)27-2)14-7-9-17(23)10-8-14/h4-11,18H,3,12-13H2,1-2H3,(H,24,26). The lowest BCUT2D eigenvalue weighted by Crippen LogP contribution is -2.33. The second-order valence-electron chi connectivity index (χ2n) is 6.42. The summed E-state index contributed by atoms with van der Waals surface area (Å²) in [6.07, 6.45) is 1.77. The zero-order valence-corrected chi connectivity index (χ0v) is 17.0. The Balaban J connectivity index is 1.81. The topological polar surface area (TPSA) is 73.9 Å². The minimum absolute atomic E-state index is 0.00306. The summed E-state index contributed by atoms with van der Waals surface area (Å²) in [4.78, 5) is 24.7. The predicted octanol–water partition coefficient (Wildman–Crippen LogP) is 3.94. The van der Waals surface area contributed by atoms with Gasteiger partial charge in [-0.1, -0.05) is 35.9 Å². The number of carbonyl (C=O) groups excluding carboxylic acids is 2. The molecule has 3 rings (SSSR count). The molecule has 1 heterocycles. The maximum Gasteiger partial charge on any atom is 0.307 e. The van der Waals surface area contributed by atoms with E-state index < -0.39 is 12.0 Å². The first-order valence-electron chi connectivity index (χ1n) is 9.24. The molecule has 0 saturated carbocycles. The largest absolute Gasteiger partial charge is 0.490 e. The smallest absolute Gasteiger partial charge is 0.307 e. The maximum atomic E-state index is 12.9. The van der Waals surface area contributed by atoms with Crippen molar-refractivity contribution < 1.29 is 23.8 Å². The van der Waals surface area contributed by atoms with E-state index in [1.807, 2.05) is 25.1 Å². The van der Waals surface area contributed by atoms with E-state index in [2.05, 4.69) is 5.32 Å². The van der Waals surface area contributed by atoms with Crippen LogP contribution in [0.15, 0.2) is 48.0 Å². The molecule has 0 spiro atoms. The van der Waals surface area contributed by atoms with Crippen molar-refractivity contribution in [2.24, 2.45) is 0 Å². The molecule has 2 aromatic carbocycles. The fourth-order valence-corrected chi connectivity index (χ4v) is 3.15. The molecule has 1 unspecified atom stereocenters. The Bertz CT molecular complexity index is 923. The summed E-state index contributed by atoms with van der Waals surface area (Å²) >= 11 is 5.95. The van der Waals surface area contributed by atoms with Crippen molar-refractivity contribution in [3.8, 4) is 11.5 Å². The molecular weight excluding hydrogens is 394 g/mol. The molecule has 0 saturated heterocycles. The summed E-state index contributed by atoms with van der Waals surface area (Å²) in [5, 5.41) is 3.47. The number of para-hydroxylation sites is 1. The number of amides is 1. The highest BCUT2D eigenvalue weighted by Crippen LogP contribution is 2.36. The number of carbonyl (C=O) groups is 2. The Hall–Kier alpha value is -2.99. The Labute approximate surface area is 174 Å². The van der Waals surface area contributed by atoms with Gasteiger partial charge in [-0.3, -0.25) is 9.59 Å². The number of ether oxygens (including phenoxy) is 3. The van der Waals surface area contributed by atoms with Crippen LogP contribution in [0.3, 0.4) is 0 Å². The van der Waals surface area contributed by atoms with Crippen molar-refractivity contribution >= 4 is 29.6 Å². The van der Waals surface area contributed by atoms with Gasteiger partial charge >= 0.3 is 5.97 Å². The van der Waals surface area contributed by atoms with Crippen molar-refractivity contribution in [1.82, 2.24) is 5.32 Å². The third kappa shape index (κ3) is 5.09. The third-order valence-electron chi connectivity index (χ3n) is 4.48. The molecule has 1 aliphatic rings. The number of rotatable bonds is 7. The first kappa shape index (κ1) is 20.7. The van der Waals surface area contributed by atoms with Gasteiger partial charge in [0.15, 0.2) is 11.5 Å². The highest BCUT2D eigenvalue weighted by Gasteiger charge is 2.24. The molecule has 7 heteroatoms. The fraction of sp³-hybridized carbons (Fsp3) is 0.273. The van der Waals surface area contributed by atoms with E-state index in [9.17, 15) is 9.59 Å². The van der Waals surface area contributed by atoms with Crippen LogP contribution in [0, 0.1) is 0 Å². The number of nitrogens with one attached hydrogen (secondary N) is 1. The van der Waals surface area contributed by atoms with Gasteiger partial charge in [0.05, 0.1) is 31.8 Å². The van der Waals surface area contributed by atoms with Gasteiger partial charge in [-0.15, -0.1) is 0 Å². The summed E-state index contributed by atoms with van der Waals surface area (Å²) in [7, 11) is 1.31. The molecule has 2 aromatic rings. The Morgan fingerprint density at radius 3 is 2.66 bits per heavy atom. The van der Waals surface area contributed by atoms with Crippen LogP contribution >= 0.6 is 11.6 Å². The van der Waals surface area contributed by atoms with Crippen LogP contribution in [0.1, 0.15) is 30.5 Å². The lowest BCUT2D eigenvalue weighted by Gasteiger charge is -2.23. The number of fused-ring (bicyclic) bond motifs is 1. The van der Waals surface area contributed by atoms with Gasteiger partial charge in [0, 0.05) is 10.6 Å². The van der Waals surface area contributed by atoms with E-state index in [4.69, 9.17) is 25.8 Å². The van der Waals surface area contributed by atoms with Gasteiger partial charge in [-0.05, 0) is 36.8 Å². The Kier molecular flexibility index (Phi) is 6.77. The van der Waals surface area contributed by atoms with Crippen molar-refractivity contribution in [2.75, 3.05) is 20.3 Å².